The number of hydrogen-bond donors (Lipinski definition) is 1. The molecule has 0 spiro atoms. The molecule has 0 saturated carbocycles. The monoisotopic (exact) mass is 356 g/mol. The highest BCUT2D eigenvalue weighted by molar-refractivity contribution is 5.89. The number of carbonyl (C=O) groups is 2. The number of aromatic amines is 1. The highest BCUT2D eigenvalue weighted by atomic mass is 16.2. The largest absolute Gasteiger partial charge is 0.342 e. The van der Waals surface area contributed by atoms with Gasteiger partial charge in [-0.15, -0.1) is 0 Å². The van der Waals surface area contributed by atoms with Crippen LogP contribution in [0, 0.1) is 5.92 Å². The van der Waals surface area contributed by atoms with Crippen LogP contribution in [0.5, 0.6) is 0 Å². The number of nitrogens with zero attached hydrogens (tertiary/aromatic N) is 3. The summed E-state index contributed by atoms with van der Waals surface area (Å²) in [4.78, 5) is 43.5. The maximum atomic E-state index is 12.8. The number of rotatable bonds is 3. The van der Waals surface area contributed by atoms with Gasteiger partial charge in [0.2, 0.25) is 11.8 Å². The molecule has 2 amide bonds. The fourth-order valence-corrected chi connectivity index (χ4v) is 4.28. The van der Waals surface area contributed by atoms with E-state index in [4.69, 9.17) is 0 Å². The first-order valence-corrected chi connectivity index (χ1v) is 9.34. The number of nitrogens with one attached hydrogen (secondary N) is 1. The molecule has 1 N–H and O–H groups in total. The topological polar surface area (TPSA) is 78.4 Å². The van der Waals surface area contributed by atoms with Crippen LogP contribution in [0.4, 0.5) is 0 Å². The fraction of sp³-hybridized carbons (Fsp3) is 0.526. The van der Waals surface area contributed by atoms with Crippen LogP contribution in [0.25, 0.3) is 11.0 Å². The van der Waals surface area contributed by atoms with Gasteiger partial charge in [-0.2, -0.15) is 0 Å². The Balaban J connectivity index is 1.44. The molecular formula is C19H24N4O3. The van der Waals surface area contributed by atoms with Crippen LogP contribution in [0.1, 0.15) is 32.2 Å². The number of likely N-dealkylation sites (tertiary alicyclic amines) is 2. The molecule has 2 aromatic rings. The highest BCUT2D eigenvalue weighted by Gasteiger charge is 2.37. The number of aromatic nitrogens is 2. The Morgan fingerprint density at radius 3 is 2.62 bits per heavy atom. The number of amides is 2. The van der Waals surface area contributed by atoms with Crippen molar-refractivity contribution >= 4 is 22.8 Å². The van der Waals surface area contributed by atoms with Gasteiger partial charge < -0.3 is 14.8 Å². The minimum atomic E-state index is -0.213. The Kier molecular flexibility index (Phi) is 4.30. The number of benzene rings is 1. The Labute approximate surface area is 151 Å². The Bertz CT molecular complexity index is 892. The summed E-state index contributed by atoms with van der Waals surface area (Å²) in [6.07, 6.45) is 1.84. The van der Waals surface area contributed by atoms with E-state index in [1.54, 1.807) is 4.90 Å². The van der Waals surface area contributed by atoms with E-state index < -0.39 is 0 Å². The molecule has 2 aliphatic rings. The molecular weight excluding hydrogens is 332 g/mol. The number of carbonyl (C=O) groups excluding carboxylic acids is 2. The molecule has 138 valence electrons. The molecule has 0 radical (unpaired) electrons. The van der Waals surface area contributed by atoms with E-state index in [0.29, 0.717) is 32.6 Å². The van der Waals surface area contributed by atoms with E-state index in [-0.39, 0.29) is 29.5 Å². The predicted octanol–water partition coefficient (Wildman–Crippen LogP) is 1.36. The fourth-order valence-electron chi connectivity index (χ4n) is 4.28. The van der Waals surface area contributed by atoms with Gasteiger partial charge in [0.05, 0.1) is 17.0 Å². The van der Waals surface area contributed by atoms with Crippen LogP contribution in [0.15, 0.2) is 29.1 Å². The Hall–Kier alpha value is -2.57. The number of imidazole rings is 1. The van der Waals surface area contributed by atoms with Gasteiger partial charge in [-0.3, -0.25) is 14.2 Å². The summed E-state index contributed by atoms with van der Waals surface area (Å²) in [7, 11) is 0. The van der Waals surface area contributed by atoms with E-state index in [9.17, 15) is 14.4 Å². The van der Waals surface area contributed by atoms with Crippen molar-refractivity contribution in [1.29, 1.82) is 0 Å². The van der Waals surface area contributed by atoms with Crippen molar-refractivity contribution in [2.75, 3.05) is 26.2 Å². The minimum Gasteiger partial charge on any atom is -0.342 e. The molecule has 4 rings (SSSR count). The summed E-state index contributed by atoms with van der Waals surface area (Å²) >= 11 is 0. The number of para-hydroxylation sites is 2. The maximum Gasteiger partial charge on any atom is 0.326 e. The second kappa shape index (κ2) is 6.63. The van der Waals surface area contributed by atoms with Gasteiger partial charge in [0.1, 0.15) is 0 Å². The lowest BCUT2D eigenvalue weighted by Crippen LogP contribution is -2.43. The van der Waals surface area contributed by atoms with Crippen molar-refractivity contribution in [1.82, 2.24) is 19.4 Å². The van der Waals surface area contributed by atoms with Gasteiger partial charge in [-0.1, -0.05) is 12.1 Å². The molecule has 3 heterocycles. The lowest BCUT2D eigenvalue weighted by atomic mass is 10.0. The zero-order valence-electron chi connectivity index (χ0n) is 15.0. The number of fused-ring (bicyclic) bond motifs is 1. The maximum absolute atomic E-state index is 12.8. The van der Waals surface area contributed by atoms with Crippen LogP contribution < -0.4 is 5.69 Å². The SMILES string of the molecule is CCN1CC(C(=O)N2CCC(n3c(=O)[nH]c4ccccc43)CC2)CC1=O. The lowest BCUT2D eigenvalue weighted by molar-refractivity contribution is -0.137. The van der Waals surface area contributed by atoms with Crippen LogP contribution in [0.3, 0.4) is 0 Å². The molecule has 1 unspecified atom stereocenters. The second-order valence-corrected chi connectivity index (χ2v) is 7.21. The molecule has 2 aliphatic heterocycles. The Morgan fingerprint density at radius 2 is 1.92 bits per heavy atom. The van der Waals surface area contributed by atoms with E-state index in [2.05, 4.69) is 4.98 Å². The molecule has 0 aliphatic carbocycles. The first-order chi connectivity index (χ1) is 12.6. The molecule has 2 fully saturated rings. The summed E-state index contributed by atoms with van der Waals surface area (Å²) in [6, 6.07) is 7.80. The van der Waals surface area contributed by atoms with E-state index in [1.165, 1.54) is 0 Å². The van der Waals surface area contributed by atoms with Gasteiger partial charge in [0.15, 0.2) is 0 Å². The second-order valence-electron chi connectivity index (χ2n) is 7.21. The zero-order chi connectivity index (χ0) is 18.3. The average molecular weight is 356 g/mol. The van der Waals surface area contributed by atoms with E-state index in [0.717, 1.165) is 23.9 Å². The summed E-state index contributed by atoms with van der Waals surface area (Å²) in [5, 5.41) is 0. The molecule has 1 aromatic carbocycles. The zero-order valence-corrected chi connectivity index (χ0v) is 15.0. The first kappa shape index (κ1) is 16.9. The van der Waals surface area contributed by atoms with Gasteiger partial charge >= 0.3 is 5.69 Å². The van der Waals surface area contributed by atoms with Crippen molar-refractivity contribution in [3.63, 3.8) is 0 Å². The third-order valence-corrected chi connectivity index (χ3v) is 5.71. The third-order valence-electron chi connectivity index (χ3n) is 5.71. The first-order valence-electron chi connectivity index (χ1n) is 9.34. The average Bonchev–Trinajstić information content (AvgIpc) is 3.20. The van der Waals surface area contributed by atoms with Gasteiger partial charge in [0, 0.05) is 38.6 Å². The Morgan fingerprint density at radius 1 is 1.19 bits per heavy atom. The van der Waals surface area contributed by atoms with Gasteiger partial charge in [0.25, 0.3) is 0 Å². The number of hydrogen-bond acceptors (Lipinski definition) is 3. The van der Waals surface area contributed by atoms with E-state index in [1.807, 2.05) is 40.7 Å². The van der Waals surface area contributed by atoms with Crippen LogP contribution in [-0.4, -0.2) is 57.3 Å². The normalized spacial score (nSPS) is 21.7. The van der Waals surface area contributed by atoms with Crippen molar-refractivity contribution in [2.45, 2.75) is 32.2 Å². The molecule has 0 bridgehead atoms. The van der Waals surface area contributed by atoms with Crippen molar-refractivity contribution < 1.29 is 9.59 Å². The summed E-state index contributed by atoms with van der Waals surface area (Å²) in [6.45, 7) is 4.40. The third kappa shape index (κ3) is 2.81. The van der Waals surface area contributed by atoms with Crippen molar-refractivity contribution in [2.24, 2.45) is 5.92 Å². The summed E-state index contributed by atoms with van der Waals surface area (Å²) < 4.78 is 1.83. The molecule has 7 nitrogen and oxygen atoms in total. The number of H-pyrrole nitrogens is 1. The van der Waals surface area contributed by atoms with Gasteiger partial charge in [-0.25, -0.2) is 4.79 Å². The standard InChI is InChI=1S/C19H24N4O3/c1-2-21-12-13(11-17(21)24)18(25)22-9-7-14(8-10-22)23-16-6-4-3-5-15(16)20-19(23)26/h3-6,13-14H,2,7-12H2,1H3,(H,20,26). The summed E-state index contributed by atoms with van der Waals surface area (Å²) in [5.74, 6) is -0.0556. The quantitative estimate of drug-likeness (QED) is 0.902. The summed E-state index contributed by atoms with van der Waals surface area (Å²) in [5.41, 5.74) is 1.68. The van der Waals surface area contributed by atoms with Crippen LogP contribution >= 0.6 is 0 Å². The molecule has 7 heteroatoms. The molecule has 2 saturated heterocycles. The molecule has 1 atom stereocenters. The van der Waals surface area contributed by atoms with Crippen molar-refractivity contribution in [3.8, 4) is 0 Å². The van der Waals surface area contributed by atoms with Gasteiger partial charge in [-0.05, 0) is 31.9 Å². The highest BCUT2D eigenvalue weighted by Crippen LogP contribution is 2.27. The van der Waals surface area contributed by atoms with Crippen molar-refractivity contribution in [3.05, 3.63) is 34.7 Å². The smallest absolute Gasteiger partial charge is 0.326 e. The molecule has 1 aromatic heterocycles. The predicted molar refractivity (Wildman–Crippen MR) is 97.8 cm³/mol. The van der Waals surface area contributed by atoms with Crippen LogP contribution in [0.2, 0.25) is 0 Å². The van der Waals surface area contributed by atoms with Crippen LogP contribution in [-0.2, 0) is 9.59 Å². The number of piperidine rings is 1. The lowest BCUT2D eigenvalue weighted by Gasteiger charge is -2.34. The van der Waals surface area contributed by atoms with E-state index >= 15 is 0 Å². The molecule has 26 heavy (non-hydrogen) atoms. The minimum absolute atomic E-state index is 0.0751.